The fourth-order valence-corrected chi connectivity index (χ4v) is 4.62. The van der Waals surface area contributed by atoms with Crippen LogP contribution in [-0.4, -0.2) is 39.3 Å². The molecule has 3 aromatic rings. The summed E-state index contributed by atoms with van der Waals surface area (Å²) in [4.78, 5) is 43.9. The van der Waals surface area contributed by atoms with Crippen molar-refractivity contribution in [3.05, 3.63) is 74.7 Å². The Balaban J connectivity index is 1.38. The van der Waals surface area contributed by atoms with Gasteiger partial charge in [0.05, 0.1) is 16.8 Å². The minimum atomic E-state index is -0.478. The second-order valence-electron chi connectivity index (χ2n) is 7.06. The van der Waals surface area contributed by atoms with Gasteiger partial charge in [0.15, 0.2) is 5.13 Å². The molecule has 1 aromatic heterocycles. The molecule has 0 radical (unpaired) electrons. The van der Waals surface area contributed by atoms with Crippen molar-refractivity contribution in [2.45, 2.75) is 19.8 Å². The summed E-state index contributed by atoms with van der Waals surface area (Å²) >= 11 is 7.29. The number of benzene rings is 2. The topological polar surface area (TPSA) is 99.6 Å². The molecule has 2 N–H and O–H groups in total. The molecule has 4 rings (SSSR count). The quantitative estimate of drug-likeness (QED) is 0.540. The van der Waals surface area contributed by atoms with Gasteiger partial charge in [-0.3, -0.25) is 24.6 Å². The van der Waals surface area contributed by atoms with E-state index in [0.29, 0.717) is 28.6 Å². The number of aromatic hydroxyl groups is 1. The Hall–Kier alpha value is -3.23. The number of carbonyl (C=O) groups excluding carboxylic acids is 3. The van der Waals surface area contributed by atoms with Crippen LogP contribution in [0.15, 0.2) is 42.5 Å². The maximum atomic E-state index is 12.5. The standard InChI is InChI=1S/C22H18ClN3O4S/c1-12-17(31-22(24-12)25-19(28)13-5-2-6-14(23)11-13)9-4-10-26-20(29)15-7-3-8-16(27)18(15)21(26)30/h2-3,5-8,11,27H,4,9-10H2,1H3,(H,24,25,28). The highest BCUT2D eigenvalue weighted by Gasteiger charge is 2.37. The van der Waals surface area contributed by atoms with Gasteiger partial charge in [-0.05, 0) is 50.1 Å². The number of rotatable bonds is 6. The zero-order valence-electron chi connectivity index (χ0n) is 16.5. The fourth-order valence-electron chi connectivity index (χ4n) is 3.43. The van der Waals surface area contributed by atoms with E-state index in [0.717, 1.165) is 15.5 Å². The number of fused-ring (bicyclic) bond motifs is 1. The summed E-state index contributed by atoms with van der Waals surface area (Å²) in [5.74, 6) is -1.36. The van der Waals surface area contributed by atoms with Crippen LogP contribution in [-0.2, 0) is 6.42 Å². The van der Waals surface area contributed by atoms with E-state index in [2.05, 4.69) is 10.3 Å². The number of hydrogen-bond donors (Lipinski definition) is 2. The van der Waals surface area contributed by atoms with Crippen LogP contribution in [0.1, 0.15) is 48.1 Å². The molecule has 0 atom stereocenters. The van der Waals surface area contributed by atoms with E-state index in [1.165, 1.54) is 23.5 Å². The molecule has 3 amide bonds. The molecule has 31 heavy (non-hydrogen) atoms. The summed E-state index contributed by atoms with van der Waals surface area (Å²) in [7, 11) is 0. The van der Waals surface area contributed by atoms with Crippen molar-refractivity contribution in [1.29, 1.82) is 0 Å². The number of hydrogen-bond acceptors (Lipinski definition) is 6. The third kappa shape index (κ3) is 4.17. The van der Waals surface area contributed by atoms with Crippen LogP contribution in [0.5, 0.6) is 5.75 Å². The average molecular weight is 456 g/mol. The smallest absolute Gasteiger partial charge is 0.265 e. The molecule has 0 unspecified atom stereocenters. The second kappa shape index (κ2) is 8.49. The number of aromatic nitrogens is 1. The Kier molecular flexibility index (Phi) is 5.75. The molecule has 2 aromatic carbocycles. The molecule has 158 valence electrons. The molecule has 0 aliphatic carbocycles. The molecule has 0 saturated heterocycles. The van der Waals surface area contributed by atoms with Crippen molar-refractivity contribution in [3.8, 4) is 5.75 Å². The first-order valence-corrected chi connectivity index (χ1v) is 10.8. The van der Waals surface area contributed by atoms with Crippen LogP contribution in [0.2, 0.25) is 5.02 Å². The lowest BCUT2D eigenvalue weighted by Crippen LogP contribution is -2.30. The number of thiazole rings is 1. The summed E-state index contributed by atoms with van der Waals surface area (Å²) < 4.78 is 0. The minimum absolute atomic E-state index is 0.0625. The van der Waals surface area contributed by atoms with E-state index in [-0.39, 0.29) is 29.3 Å². The van der Waals surface area contributed by atoms with Crippen LogP contribution < -0.4 is 5.32 Å². The number of nitrogens with zero attached hydrogens (tertiary/aromatic N) is 2. The van der Waals surface area contributed by atoms with E-state index in [1.807, 2.05) is 6.92 Å². The van der Waals surface area contributed by atoms with Gasteiger partial charge < -0.3 is 5.11 Å². The SMILES string of the molecule is Cc1nc(NC(=O)c2cccc(Cl)c2)sc1CCCN1C(=O)c2cccc(O)c2C1=O. The molecule has 0 bridgehead atoms. The summed E-state index contributed by atoms with van der Waals surface area (Å²) in [5, 5.41) is 13.6. The zero-order chi connectivity index (χ0) is 22.1. The number of amides is 3. The fraction of sp³-hybridized carbons (Fsp3) is 0.182. The number of nitrogens with one attached hydrogen (secondary N) is 1. The average Bonchev–Trinajstić information content (AvgIpc) is 3.20. The highest BCUT2D eigenvalue weighted by molar-refractivity contribution is 7.15. The van der Waals surface area contributed by atoms with Crippen molar-refractivity contribution in [2.24, 2.45) is 0 Å². The van der Waals surface area contributed by atoms with Crippen molar-refractivity contribution in [2.75, 3.05) is 11.9 Å². The molecular formula is C22H18ClN3O4S. The summed E-state index contributed by atoms with van der Waals surface area (Å²) in [5.41, 5.74) is 1.51. The highest BCUT2D eigenvalue weighted by Crippen LogP contribution is 2.30. The van der Waals surface area contributed by atoms with Gasteiger partial charge >= 0.3 is 0 Å². The van der Waals surface area contributed by atoms with E-state index < -0.39 is 11.8 Å². The number of imide groups is 1. The molecule has 0 saturated carbocycles. The van der Waals surface area contributed by atoms with Gasteiger partial charge in [-0.25, -0.2) is 4.98 Å². The molecule has 1 aliphatic heterocycles. The summed E-state index contributed by atoms with van der Waals surface area (Å²) in [6.07, 6.45) is 1.13. The van der Waals surface area contributed by atoms with Crippen LogP contribution in [0.4, 0.5) is 5.13 Å². The Labute approximate surface area is 187 Å². The molecule has 0 fully saturated rings. The predicted octanol–water partition coefficient (Wildman–Crippen LogP) is 4.29. The third-order valence-corrected chi connectivity index (χ3v) is 6.33. The monoisotopic (exact) mass is 455 g/mol. The first kappa shape index (κ1) is 21.0. The third-order valence-electron chi connectivity index (χ3n) is 4.96. The van der Waals surface area contributed by atoms with E-state index in [9.17, 15) is 19.5 Å². The van der Waals surface area contributed by atoms with Gasteiger partial charge in [-0.15, -0.1) is 11.3 Å². The first-order valence-electron chi connectivity index (χ1n) is 9.56. The van der Waals surface area contributed by atoms with Gasteiger partial charge in [-0.1, -0.05) is 23.7 Å². The van der Waals surface area contributed by atoms with Gasteiger partial charge in [0.1, 0.15) is 5.75 Å². The van der Waals surface area contributed by atoms with Crippen LogP contribution in [0.25, 0.3) is 0 Å². The molecule has 2 heterocycles. The number of carbonyl (C=O) groups is 3. The van der Waals surface area contributed by atoms with E-state index in [4.69, 9.17) is 11.6 Å². The minimum Gasteiger partial charge on any atom is -0.507 e. The van der Waals surface area contributed by atoms with Crippen molar-refractivity contribution in [1.82, 2.24) is 9.88 Å². The largest absolute Gasteiger partial charge is 0.507 e. The number of phenols is 1. The lowest BCUT2D eigenvalue weighted by atomic mass is 10.1. The van der Waals surface area contributed by atoms with Gasteiger partial charge in [-0.2, -0.15) is 0 Å². The first-order chi connectivity index (χ1) is 14.8. The number of aryl methyl sites for hydroxylation is 2. The molecular weight excluding hydrogens is 438 g/mol. The maximum Gasteiger partial charge on any atom is 0.265 e. The van der Waals surface area contributed by atoms with Gasteiger partial charge in [0, 0.05) is 22.0 Å². The number of phenolic OH excluding ortho intramolecular Hbond substituents is 1. The van der Waals surface area contributed by atoms with E-state index in [1.54, 1.807) is 30.3 Å². The normalized spacial score (nSPS) is 12.9. The molecule has 0 spiro atoms. The lowest BCUT2D eigenvalue weighted by Gasteiger charge is -2.13. The predicted molar refractivity (Wildman–Crippen MR) is 118 cm³/mol. The number of anilines is 1. The van der Waals surface area contributed by atoms with E-state index >= 15 is 0 Å². The molecule has 7 nitrogen and oxygen atoms in total. The van der Waals surface area contributed by atoms with Crippen molar-refractivity contribution >= 4 is 45.8 Å². The van der Waals surface area contributed by atoms with Crippen LogP contribution in [0, 0.1) is 6.92 Å². The Bertz CT molecular complexity index is 1210. The van der Waals surface area contributed by atoms with Gasteiger partial charge in [0.2, 0.25) is 0 Å². The highest BCUT2D eigenvalue weighted by atomic mass is 35.5. The Morgan fingerprint density at radius 1 is 1.19 bits per heavy atom. The van der Waals surface area contributed by atoms with Crippen LogP contribution >= 0.6 is 22.9 Å². The Morgan fingerprint density at radius 3 is 2.71 bits per heavy atom. The zero-order valence-corrected chi connectivity index (χ0v) is 18.1. The van der Waals surface area contributed by atoms with Gasteiger partial charge in [0.25, 0.3) is 17.7 Å². The molecule has 9 heteroatoms. The molecule has 1 aliphatic rings. The van der Waals surface area contributed by atoms with Crippen molar-refractivity contribution in [3.63, 3.8) is 0 Å². The van der Waals surface area contributed by atoms with Crippen LogP contribution in [0.3, 0.4) is 0 Å². The second-order valence-corrected chi connectivity index (χ2v) is 8.58. The Morgan fingerprint density at radius 2 is 1.97 bits per heavy atom. The summed E-state index contributed by atoms with van der Waals surface area (Å²) in [6.45, 7) is 2.08. The lowest BCUT2D eigenvalue weighted by molar-refractivity contribution is 0.0651. The summed E-state index contributed by atoms with van der Waals surface area (Å²) in [6, 6.07) is 11.1. The van der Waals surface area contributed by atoms with Crippen molar-refractivity contribution < 1.29 is 19.5 Å². The number of halogens is 1. The maximum absolute atomic E-state index is 12.5.